The van der Waals surface area contributed by atoms with Crippen molar-refractivity contribution in [2.45, 2.75) is 57.9 Å². The topological polar surface area (TPSA) is 21.5 Å². The molecule has 178 valence electrons. The monoisotopic (exact) mass is 455 g/mol. The van der Waals surface area contributed by atoms with E-state index in [1.54, 1.807) is 7.11 Å². The van der Waals surface area contributed by atoms with Crippen LogP contribution in [0.4, 0.5) is 0 Å². The number of ether oxygens (including phenoxy) is 2. The highest BCUT2D eigenvalue weighted by Gasteiger charge is 2.41. The van der Waals surface area contributed by atoms with Gasteiger partial charge in [-0.2, -0.15) is 0 Å². The van der Waals surface area contributed by atoms with Gasteiger partial charge < -0.3 is 9.47 Å². The summed E-state index contributed by atoms with van der Waals surface area (Å²) in [5.41, 5.74) is 8.17. The van der Waals surface area contributed by atoms with Crippen LogP contribution in [0.2, 0.25) is 0 Å². The Balaban J connectivity index is 0.000000418. The highest BCUT2D eigenvalue weighted by atomic mass is 16.5. The normalized spacial score (nSPS) is 20.6. The van der Waals surface area contributed by atoms with Crippen molar-refractivity contribution in [3.63, 3.8) is 0 Å². The number of hydrogen-bond acceptors (Lipinski definition) is 3. The Bertz CT molecular complexity index is 1110. The second kappa shape index (κ2) is 10.2. The summed E-state index contributed by atoms with van der Waals surface area (Å²) in [7, 11) is 1.72. The Labute approximate surface area is 204 Å². The van der Waals surface area contributed by atoms with Crippen LogP contribution in [0, 0.1) is 6.92 Å². The van der Waals surface area contributed by atoms with E-state index in [-0.39, 0.29) is 5.92 Å². The molecular formula is C31H37NO2. The van der Waals surface area contributed by atoms with E-state index in [4.69, 9.17) is 9.47 Å². The van der Waals surface area contributed by atoms with Gasteiger partial charge in [0.1, 0.15) is 11.5 Å². The predicted octanol–water partition coefficient (Wildman–Crippen LogP) is 6.54. The number of methoxy groups -OCH3 is 1. The number of fused-ring (bicyclic) bond motifs is 2. The van der Waals surface area contributed by atoms with Crippen molar-refractivity contribution >= 4 is 0 Å². The molecule has 6 rings (SSSR count). The molecule has 0 saturated carbocycles. The molecule has 3 aromatic rings. The first kappa shape index (κ1) is 23.0. The zero-order valence-electron chi connectivity index (χ0n) is 20.8. The zero-order chi connectivity index (χ0) is 23.5. The summed E-state index contributed by atoms with van der Waals surface area (Å²) in [5, 5.41) is 0. The van der Waals surface area contributed by atoms with Gasteiger partial charge in [-0.1, -0.05) is 48.5 Å². The van der Waals surface area contributed by atoms with Crippen molar-refractivity contribution in [3.8, 4) is 11.5 Å². The molecule has 3 heteroatoms. The van der Waals surface area contributed by atoms with Crippen molar-refractivity contribution in [1.82, 2.24) is 4.90 Å². The molecule has 1 aliphatic carbocycles. The Kier molecular flexibility index (Phi) is 6.92. The molecule has 0 spiro atoms. The minimum Gasteiger partial charge on any atom is -0.497 e. The summed E-state index contributed by atoms with van der Waals surface area (Å²) in [6.45, 7) is 7.67. The van der Waals surface area contributed by atoms with Gasteiger partial charge >= 0.3 is 0 Å². The molecule has 34 heavy (non-hydrogen) atoms. The first-order valence-corrected chi connectivity index (χ1v) is 12.9. The standard InChI is InChI=1S/C27H30O2.C4H7N/c1-4-29-27-19(2)9-7-14-25(27)26(21-15-17-22(28-3)18-16-21)24-13-8-11-20-10-5-6-12-23(20)24;1-2-5-3-4(1)5/h7-9,11,13-18,26H,4-6,10,12H2,1-3H3;4H,1-3H2. The summed E-state index contributed by atoms with van der Waals surface area (Å²) >= 11 is 0. The summed E-state index contributed by atoms with van der Waals surface area (Å²) < 4.78 is 11.6. The maximum atomic E-state index is 6.16. The van der Waals surface area contributed by atoms with Crippen LogP contribution in [-0.4, -0.2) is 37.7 Å². The minimum absolute atomic E-state index is 0.149. The third-order valence-corrected chi connectivity index (χ3v) is 7.61. The molecule has 0 radical (unpaired) electrons. The molecule has 2 fully saturated rings. The molecule has 3 aromatic carbocycles. The molecule has 0 amide bonds. The average Bonchev–Trinajstić information content (AvgIpc) is 3.47. The lowest BCUT2D eigenvalue weighted by atomic mass is 9.77. The van der Waals surface area contributed by atoms with Gasteiger partial charge in [0.15, 0.2) is 0 Å². The summed E-state index contributed by atoms with van der Waals surface area (Å²) in [6, 6.07) is 23.0. The highest BCUT2D eigenvalue weighted by Crippen LogP contribution is 2.42. The molecule has 2 aliphatic heterocycles. The van der Waals surface area contributed by atoms with E-state index in [2.05, 4.69) is 79.4 Å². The van der Waals surface area contributed by atoms with Gasteiger partial charge in [0.25, 0.3) is 0 Å². The second-order valence-corrected chi connectivity index (χ2v) is 9.76. The van der Waals surface area contributed by atoms with E-state index in [1.807, 2.05) is 0 Å². The van der Waals surface area contributed by atoms with Gasteiger partial charge in [-0.05, 0) is 85.9 Å². The maximum absolute atomic E-state index is 6.16. The fourth-order valence-electron chi connectivity index (χ4n) is 5.55. The lowest BCUT2D eigenvalue weighted by molar-refractivity contribution is 0.333. The number of nitrogens with zero attached hydrogens (tertiary/aromatic N) is 1. The van der Waals surface area contributed by atoms with Gasteiger partial charge in [0.05, 0.1) is 13.7 Å². The van der Waals surface area contributed by atoms with Gasteiger partial charge in [-0.25, -0.2) is 0 Å². The number of hydrogen-bond donors (Lipinski definition) is 0. The molecule has 0 bridgehead atoms. The summed E-state index contributed by atoms with van der Waals surface area (Å²) in [6.07, 6.45) is 6.39. The van der Waals surface area contributed by atoms with Gasteiger partial charge in [-0.3, -0.25) is 4.90 Å². The van der Waals surface area contributed by atoms with Crippen LogP contribution in [0.1, 0.15) is 65.5 Å². The van der Waals surface area contributed by atoms with Crippen molar-refractivity contribution in [1.29, 1.82) is 0 Å². The Morgan fingerprint density at radius 1 is 0.941 bits per heavy atom. The quantitative estimate of drug-likeness (QED) is 0.311. The smallest absolute Gasteiger partial charge is 0.126 e. The second-order valence-electron chi connectivity index (χ2n) is 9.76. The Morgan fingerprint density at radius 2 is 1.68 bits per heavy atom. The fraction of sp³-hybridized carbons (Fsp3) is 0.419. The van der Waals surface area contributed by atoms with Crippen LogP contribution in [-0.2, 0) is 12.8 Å². The average molecular weight is 456 g/mol. The molecule has 0 aromatic heterocycles. The van der Waals surface area contributed by atoms with E-state index in [1.165, 1.54) is 72.2 Å². The molecule has 0 N–H and O–H groups in total. The van der Waals surface area contributed by atoms with Crippen LogP contribution < -0.4 is 9.47 Å². The lowest BCUT2D eigenvalue weighted by Crippen LogP contribution is -2.16. The molecule has 2 saturated heterocycles. The molecule has 2 heterocycles. The van der Waals surface area contributed by atoms with Gasteiger partial charge in [0.2, 0.25) is 0 Å². The van der Waals surface area contributed by atoms with E-state index in [9.17, 15) is 0 Å². The zero-order valence-corrected chi connectivity index (χ0v) is 20.8. The van der Waals surface area contributed by atoms with Crippen LogP contribution in [0.3, 0.4) is 0 Å². The Hall–Kier alpha value is -2.78. The van der Waals surface area contributed by atoms with Crippen LogP contribution >= 0.6 is 0 Å². The third-order valence-electron chi connectivity index (χ3n) is 7.61. The van der Waals surface area contributed by atoms with Crippen molar-refractivity contribution < 1.29 is 9.47 Å². The summed E-state index contributed by atoms with van der Waals surface area (Å²) in [4.78, 5) is 2.47. The molecule has 3 atom stereocenters. The third kappa shape index (κ3) is 4.72. The Morgan fingerprint density at radius 3 is 2.32 bits per heavy atom. The van der Waals surface area contributed by atoms with Crippen molar-refractivity contribution in [2.24, 2.45) is 0 Å². The summed E-state index contributed by atoms with van der Waals surface area (Å²) in [5.74, 6) is 2.05. The van der Waals surface area contributed by atoms with E-state index >= 15 is 0 Å². The van der Waals surface area contributed by atoms with E-state index < -0.39 is 0 Å². The molecule has 3 unspecified atom stereocenters. The van der Waals surface area contributed by atoms with Crippen LogP contribution in [0.25, 0.3) is 0 Å². The number of benzene rings is 3. The lowest BCUT2D eigenvalue weighted by Gasteiger charge is -2.28. The predicted molar refractivity (Wildman–Crippen MR) is 139 cm³/mol. The van der Waals surface area contributed by atoms with Crippen LogP contribution in [0.5, 0.6) is 11.5 Å². The van der Waals surface area contributed by atoms with E-state index in [0.717, 1.165) is 24.0 Å². The molecular weight excluding hydrogens is 418 g/mol. The largest absolute Gasteiger partial charge is 0.497 e. The van der Waals surface area contributed by atoms with Gasteiger partial charge in [0, 0.05) is 30.6 Å². The minimum atomic E-state index is 0.149. The van der Waals surface area contributed by atoms with Crippen molar-refractivity contribution in [3.05, 3.63) is 94.0 Å². The maximum Gasteiger partial charge on any atom is 0.126 e. The SMILES string of the molecule is C1CN2CC12.CCOc1c(C)cccc1C(c1ccc(OC)cc1)c1cccc2c1CCCC2. The molecule has 3 nitrogen and oxygen atoms in total. The fourth-order valence-corrected chi connectivity index (χ4v) is 5.55. The van der Waals surface area contributed by atoms with E-state index in [0.29, 0.717) is 6.61 Å². The molecule has 3 aliphatic rings. The number of aryl methyl sites for hydroxylation is 2. The number of rotatable bonds is 6. The highest BCUT2D eigenvalue weighted by molar-refractivity contribution is 5.55. The first-order valence-electron chi connectivity index (χ1n) is 12.9. The van der Waals surface area contributed by atoms with Crippen molar-refractivity contribution in [2.75, 3.05) is 26.8 Å². The number of para-hydroxylation sites is 1. The van der Waals surface area contributed by atoms with Gasteiger partial charge in [-0.15, -0.1) is 0 Å². The first-order chi connectivity index (χ1) is 16.7. The van der Waals surface area contributed by atoms with Crippen LogP contribution in [0.15, 0.2) is 60.7 Å².